The molecule has 1 aromatic carbocycles. The van der Waals surface area contributed by atoms with Crippen molar-refractivity contribution < 1.29 is 4.74 Å². The van der Waals surface area contributed by atoms with Gasteiger partial charge >= 0.3 is 0 Å². The third kappa shape index (κ3) is 2.20. The van der Waals surface area contributed by atoms with E-state index in [1.54, 1.807) is 7.11 Å². The molecule has 104 valence electrons. The Kier molecular flexibility index (Phi) is 3.49. The third-order valence-corrected chi connectivity index (χ3v) is 3.82. The van der Waals surface area contributed by atoms with Crippen LogP contribution in [0.1, 0.15) is 12.5 Å². The van der Waals surface area contributed by atoms with Crippen molar-refractivity contribution in [1.29, 1.82) is 0 Å². The number of ether oxygens (including phenoxy) is 1. The van der Waals surface area contributed by atoms with Gasteiger partial charge in [0, 0.05) is 12.2 Å². The lowest BCUT2D eigenvalue weighted by molar-refractivity contribution is 0.410. The lowest BCUT2D eigenvalue weighted by Crippen LogP contribution is -2.31. The number of fused-ring (bicyclic) bond motifs is 1. The van der Waals surface area contributed by atoms with Gasteiger partial charge in [-0.1, -0.05) is 36.7 Å². The topological polar surface area (TPSA) is 38.3 Å². The second-order valence-corrected chi connectivity index (χ2v) is 5.43. The van der Waals surface area contributed by atoms with Crippen LogP contribution in [0.5, 0.6) is 5.75 Å². The largest absolute Gasteiger partial charge is 0.490 e. The number of halogens is 1. The quantitative estimate of drug-likeness (QED) is 0.794. The van der Waals surface area contributed by atoms with Gasteiger partial charge in [0.2, 0.25) is 0 Å². The number of nitrogens with zero attached hydrogens (tertiary/aromatic N) is 3. The van der Waals surface area contributed by atoms with Gasteiger partial charge < -0.3 is 9.64 Å². The highest BCUT2D eigenvalue weighted by atomic mass is 35.5. The first-order valence-corrected chi connectivity index (χ1v) is 6.98. The Hall–Kier alpha value is -1.81. The summed E-state index contributed by atoms with van der Waals surface area (Å²) in [6.07, 6.45) is 2.55. The first-order valence-electron chi connectivity index (χ1n) is 6.60. The molecular formula is C15H16ClN3O. The molecule has 0 saturated carbocycles. The standard InChI is InChI=1S/C15H16ClN3O/c1-10-7-11-5-3-4-6-12(11)19(8-10)15-13(20-2)14(16)17-9-18-15/h3-6,9-10H,7-8H2,1-2H3. The molecule has 1 aliphatic rings. The Morgan fingerprint density at radius 2 is 2.10 bits per heavy atom. The molecule has 0 bridgehead atoms. The summed E-state index contributed by atoms with van der Waals surface area (Å²) in [7, 11) is 1.59. The summed E-state index contributed by atoms with van der Waals surface area (Å²) in [5, 5.41) is 0.341. The molecule has 0 aliphatic carbocycles. The monoisotopic (exact) mass is 289 g/mol. The van der Waals surface area contributed by atoms with Crippen LogP contribution in [0.4, 0.5) is 11.5 Å². The summed E-state index contributed by atoms with van der Waals surface area (Å²) < 4.78 is 5.38. The second-order valence-electron chi connectivity index (χ2n) is 5.07. The van der Waals surface area contributed by atoms with Gasteiger partial charge in [0.1, 0.15) is 6.33 Å². The summed E-state index contributed by atoms with van der Waals surface area (Å²) in [5.41, 5.74) is 2.49. The second kappa shape index (κ2) is 5.29. The average Bonchev–Trinajstić information content (AvgIpc) is 2.46. The van der Waals surface area contributed by atoms with E-state index in [9.17, 15) is 0 Å². The maximum Gasteiger partial charge on any atom is 0.199 e. The number of methoxy groups -OCH3 is 1. The van der Waals surface area contributed by atoms with Gasteiger partial charge in [-0.15, -0.1) is 0 Å². The molecule has 0 fully saturated rings. The highest BCUT2D eigenvalue weighted by Crippen LogP contribution is 2.40. The molecule has 5 heteroatoms. The van der Waals surface area contributed by atoms with Gasteiger partial charge in [-0.25, -0.2) is 9.97 Å². The highest BCUT2D eigenvalue weighted by Gasteiger charge is 2.26. The van der Waals surface area contributed by atoms with Crippen LogP contribution in [0.25, 0.3) is 0 Å². The zero-order chi connectivity index (χ0) is 14.1. The van der Waals surface area contributed by atoms with Crippen molar-refractivity contribution in [2.24, 2.45) is 5.92 Å². The van der Waals surface area contributed by atoms with E-state index < -0.39 is 0 Å². The van der Waals surface area contributed by atoms with E-state index in [2.05, 4.69) is 40.0 Å². The lowest BCUT2D eigenvalue weighted by atomic mass is 9.94. The van der Waals surface area contributed by atoms with E-state index in [0.29, 0.717) is 16.8 Å². The number of benzene rings is 1. The number of hydrogen-bond donors (Lipinski definition) is 0. The summed E-state index contributed by atoms with van der Waals surface area (Å²) in [4.78, 5) is 10.5. The van der Waals surface area contributed by atoms with Crippen LogP contribution in [-0.2, 0) is 6.42 Å². The Labute approximate surface area is 123 Å². The van der Waals surface area contributed by atoms with E-state index in [1.807, 2.05) is 6.07 Å². The van der Waals surface area contributed by atoms with E-state index in [1.165, 1.54) is 17.6 Å². The third-order valence-electron chi connectivity index (χ3n) is 3.55. The molecule has 1 aliphatic heterocycles. The molecule has 2 aromatic rings. The molecule has 3 rings (SSSR count). The zero-order valence-electron chi connectivity index (χ0n) is 11.5. The van der Waals surface area contributed by atoms with Crippen LogP contribution in [0.15, 0.2) is 30.6 Å². The lowest BCUT2D eigenvalue weighted by Gasteiger charge is -2.34. The van der Waals surface area contributed by atoms with E-state index in [-0.39, 0.29) is 0 Å². The van der Waals surface area contributed by atoms with Gasteiger partial charge in [-0.2, -0.15) is 0 Å². The Morgan fingerprint density at radius 3 is 2.90 bits per heavy atom. The van der Waals surface area contributed by atoms with Crippen molar-refractivity contribution in [2.45, 2.75) is 13.3 Å². The van der Waals surface area contributed by atoms with E-state index in [4.69, 9.17) is 16.3 Å². The number of aromatic nitrogens is 2. The number of rotatable bonds is 2. The molecule has 0 saturated heterocycles. The Balaban J connectivity index is 2.13. The summed E-state index contributed by atoms with van der Waals surface area (Å²) in [5.74, 6) is 1.80. The minimum Gasteiger partial charge on any atom is -0.490 e. The molecule has 1 unspecified atom stereocenters. The predicted octanol–water partition coefficient (Wildman–Crippen LogP) is 3.47. The first kappa shape index (κ1) is 13.2. The van der Waals surface area contributed by atoms with Gasteiger partial charge in [0.25, 0.3) is 0 Å². The molecule has 1 atom stereocenters. The molecule has 2 heterocycles. The summed E-state index contributed by atoms with van der Waals surface area (Å²) >= 11 is 6.11. The van der Waals surface area contributed by atoms with Crippen LogP contribution < -0.4 is 9.64 Å². The first-order chi connectivity index (χ1) is 9.70. The molecular weight excluding hydrogens is 274 g/mol. The van der Waals surface area contributed by atoms with Crippen molar-refractivity contribution in [3.05, 3.63) is 41.3 Å². The fourth-order valence-electron chi connectivity index (χ4n) is 2.71. The van der Waals surface area contributed by atoms with E-state index in [0.717, 1.165) is 18.8 Å². The Bertz CT molecular complexity index is 632. The molecule has 0 amide bonds. The van der Waals surface area contributed by atoms with Gasteiger partial charge in [0.05, 0.1) is 7.11 Å². The Morgan fingerprint density at radius 1 is 1.30 bits per heavy atom. The maximum atomic E-state index is 6.11. The zero-order valence-corrected chi connectivity index (χ0v) is 12.3. The SMILES string of the molecule is COc1c(Cl)ncnc1N1CC(C)Cc2ccccc21. The van der Waals surface area contributed by atoms with Crippen molar-refractivity contribution >= 4 is 23.1 Å². The van der Waals surface area contributed by atoms with Crippen LogP contribution in [0, 0.1) is 5.92 Å². The molecule has 4 nitrogen and oxygen atoms in total. The van der Waals surface area contributed by atoms with Crippen LogP contribution in [0.2, 0.25) is 5.15 Å². The maximum absolute atomic E-state index is 6.11. The number of para-hydroxylation sites is 1. The smallest absolute Gasteiger partial charge is 0.199 e. The van der Waals surface area contributed by atoms with Crippen LogP contribution in [0.3, 0.4) is 0 Å². The number of anilines is 2. The van der Waals surface area contributed by atoms with Gasteiger partial charge in [-0.3, -0.25) is 0 Å². The molecule has 1 aromatic heterocycles. The van der Waals surface area contributed by atoms with Crippen molar-refractivity contribution in [3.63, 3.8) is 0 Å². The normalized spacial score (nSPS) is 17.8. The fourth-order valence-corrected chi connectivity index (χ4v) is 2.91. The summed E-state index contributed by atoms with van der Waals surface area (Å²) in [6, 6.07) is 8.38. The summed E-state index contributed by atoms with van der Waals surface area (Å²) in [6.45, 7) is 3.12. The van der Waals surface area contributed by atoms with Crippen molar-refractivity contribution in [2.75, 3.05) is 18.6 Å². The van der Waals surface area contributed by atoms with E-state index >= 15 is 0 Å². The van der Waals surface area contributed by atoms with Crippen LogP contribution >= 0.6 is 11.6 Å². The van der Waals surface area contributed by atoms with Gasteiger partial charge in [0.15, 0.2) is 16.7 Å². The fraction of sp³-hybridized carbons (Fsp3) is 0.333. The minimum absolute atomic E-state index is 0.341. The van der Waals surface area contributed by atoms with Crippen LogP contribution in [-0.4, -0.2) is 23.6 Å². The molecule has 0 radical (unpaired) electrons. The number of hydrogen-bond acceptors (Lipinski definition) is 4. The molecule has 0 N–H and O–H groups in total. The minimum atomic E-state index is 0.341. The highest BCUT2D eigenvalue weighted by molar-refractivity contribution is 6.31. The van der Waals surface area contributed by atoms with Gasteiger partial charge in [-0.05, 0) is 24.0 Å². The molecule has 0 spiro atoms. The average molecular weight is 290 g/mol. The predicted molar refractivity (Wildman–Crippen MR) is 79.9 cm³/mol. The van der Waals surface area contributed by atoms with Crippen molar-refractivity contribution in [3.8, 4) is 5.75 Å². The molecule has 20 heavy (non-hydrogen) atoms. The van der Waals surface area contributed by atoms with Crippen molar-refractivity contribution in [1.82, 2.24) is 9.97 Å².